The van der Waals surface area contributed by atoms with E-state index in [0.717, 1.165) is 12.1 Å². The van der Waals surface area contributed by atoms with Crippen LogP contribution in [-0.4, -0.2) is 10.9 Å². The Morgan fingerprint density at radius 1 is 1.29 bits per heavy atom. The van der Waals surface area contributed by atoms with Gasteiger partial charge in [0, 0.05) is 16.9 Å². The van der Waals surface area contributed by atoms with Crippen LogP contribution in [0, 0.1) is 6.92 Å². The first-order valence-electron chi connectivity index (χ1n) is 5.89. The Balaban J connectivity index is 2.36. The molecule has 2 aromatic rings. The van der Waals surface area contributed by atoms with Gasteiger partial charge in [-0.05, 0) is 37.3 Å². The zero-order chi connectivity index (χ0) is 15.6. The van der Waals surface area contributed by atoms with Crippen molar-refractivity contribution in [1.29, 1.82) is 0 Å². The van der Waals surface area contributed by atoms with Gasteiger partial charge in [-0.2, -0.15) is 13.2 Å². The van der Waals surface area contributed by atoms with E-state index >= 15 is 0 Å². The van der Waals surface area contributed by atoms with Gasteiger partial charge in [-0.15, -0.1) is 0 Å². The van der Waals surface area contributed by atoms with Crippen LogP contribution >= 0.6 is 11.6 Å². The van der Waals surface area contributed by atoms with Gasteiger partial charge in [-0.1, -0.05) is 11.6 Å². The second kappa shape index (κ2) is 5.73. The largest absolute Gasteiger partial charge is 0.418 e. The van der Waals surface area contributed by atoms with Crippen molar-refractivity contribution in [3.8, 4) is 0 Å². The Morgan fingerprint density at radius 3 is 2.62 bits per heavy atom. The number of amides is 1. The van der Waals surface area contributed by atoms with Gasteiger partial charge in [-0.3, -0.25) is 9.78 Å². The number of benzene rings is 1. The second-order valence-corrected chi connectivity index (χ2v) is 4.71. The molecule has 21 heavy (non-hydrogen) atoms. The smallest absolute Gasteiger partial charge is 0.321 e. The lowest BCUT2D eigenvalue weighted by atomic mass is 10.1. The van der Waals surface area contributed by atoms with Crippen molar-refractivity contribution in [3.63, 3.8) is 0 Å². The summed E-state index contributed by atoms with van der Waals surface area (Å²) >= 11 is 5.58. The molecule has 1 aromatic carbocycles. The summed E-state index contributed by atoms with van der Waals surface area (Å²) in [6.07, 6.45) is -3.12. The van der Waals surface area contributed by atoms with Crippen molar-refractivity contribution >= 4 is 23.2 Å². The summed E-state index contributed by atoms with van der Waals surface area (Å²) in [4.78, 5) is 16.0. The van der Waals surface area contributed by atoms with Gasteiger partial charge in [0.05, 0.1) is 16.8 Å². The fourth-order valence-corrected chi connectivity index (χ4v) is 1.95. The minimum Gasteiger partial charge on any atom is -0.321 e. The summed E-state index contributed by atoms with van der Waals surface area (Å²) in [7, 11) is 0. The number of nitrogens with zero attached hydrogens (tertiary/aromatic N) is 1. The highest BCUT2D eigenvalue weighted by Crippen LogP contribution is 2.36. The van der Waals surface area contributed by atoms with Crippen LogP contribution in [0.1, 0.15) is 21.6 Å². The highest BCUT2D eigenvalue weighted by atomic mass is 35.5. The van der Waals surface area contributed by atoms with E-state index in [9.17, 15) is 18.0 Å². The fraction of sp³-hybridized carbons (Fsp3) is 0.143. The number of alkyl halides is 3. The van der Waals surface area contributed by atoms with Crippen molar-refractivity contribution in [3.05, 3.63) is 58.4 Å². The Bertz CT molecular complexity index is 686. The van der Waals surface area contributed by atoms with E-state index in [0.29, 0.717) is 5.69 Å². The summed E-state index contributed by atoms with van der Waals surface area (Å²) in [6.45, 7) is 1.60. The van der Waals surface area contributed by atoms with Crippen molar-refractivity contribution < 1.29 is 18.0 Å². The predicted molar refractivity (Wildman–Crippen MR) is 73.4 cm³/mol. The Kier molecular flexibility index (Phi) is 4.18. The van der Waals surface area contributed by atoms with Crippen LogP contribution in [0.2, 0.25) is 5.02 Å². The average molecular weight is 315 g/mol. The molecule has 1 aromatic heterocycles. The minimum atomic E-state index is -4.61. The first-order valence-corrected chi connectivity index (χ1v) is 6.26. The van der Waals surface area contributed by atoms with Gasteiger partial charge in [0.15, 0.2) is 0 Å². The SMILES string of the molecule is Cc1ncccc1C(=O)Nc1ccc(Cl)cc1C(F)(F)F. The fourth-order valence-electron chi connectivity index (χ4n) is 1.77. The molecular formula is C14H10ClF3N2O. The van der Waals surface area contributed by atoms with Crippen LogP contribution in [0.5, 0.6) is 0 Å². The van der Waals surface area contributed by atoms with E-state index in [1.54, 1.807) is 6.92 Å². The topological polar surface area (TPSA) is 42.0 Å². The highest BCUT2D eigenvalue weighted by Gasteiger charge is 2.34. The monoisotopic (exact) mass is 314 g/mol. The van der Waals surface area contributed by atoms with E-state index in [1.807, 2.05) is 0 Å². The van der Waals surface area contributed by atoms with E-state index < -0.39 is 17.6 Å². The molecule has 0 spiro atoms. The van der Waals surface area contributed by atoms with E-state index in [2.05, 4.69) is 10.3 Å². The third kappa shape index (κ3) is 3.52. The molecule has 0 atom stereocenters. The lowest BCUT2D eigenvalue weighted by Gasteiger charge is -2.14. The van der Waals surface area contributed by atoms with Crippen molar-refractivity contribution in [2.24, 2.45) is 0 Å². The summed E-state index contributed by atoms with van der Waals surface area (Å²) in [6, 6.07) is 6.19. The lowest BCUT2D eigenvalue weighted by Crippen LogP contribution is -2.17. The van der Waals surface area contributed by atoms with Gasteiger partial charge in [0.1, 0.15) is 0 Å². The number of pyridine rings is 1. The lowest BCUT2D eigenvalue weighted by molar-refractivity contribution is -0.136. The molecular weight excluding hydrogens is 305 g/mol. The number of carbonyl (C=O) groups is 1. The molecule has 0 saturated heterocycles. The molecule has 0 fully saturated rings. The normalized spacial score (nSPS) is 11.3. The number of anilines is 1. The summed E-state index contributed by atoms with van der Waals surface area (Å²) < 4.78 is 38.8. The number of hydrogen-bond acceptors (Lipinski definition) is 2. The zero-order valence-corrected chi connectivity index (χ0v) is 11.6. The molecule has 1 amide bonds. The van der Waals surface area contributed by atoms with Crippen LogP contribution in [0.15, 0.2) is 36.5 Å². The average Bonchev–Trinajstić information content (AvgIpc) is 2.40. The van der Waals surface area contributed by atoms with Crippen LogP contribution in [0.4, 0.5) is 18.9 Å². The minimum absolute atomic E-state index is 0.0575. The van der Waals surface area contributed by atoms with E-state index in [4.69, 9.17) is 11.6 Å². The molecule has 7 heteroatoms. The molecule has 0 aliphatic carbocycles. The maximum Gasteiger partial charge on any atom is 0.418 e. The number of hydrogen-bond donors (Lipinski definition) is 1. The van der Waals surface area contributed by atoms with Crippen LogP contribution in [-0.2, 0) is 6.18 Å². The van der Waals surface area contributed by atoms with Gasteiger partial charge in [-0.25, -0.2) is 0 Å². The molecule has 0 bridgehead atoms. The van der Waals surface area contributed by atoms with Gasteiger partial charge in [0.25, 0.3) is 5.91 Å². The quantitative estimate of drug-likeness (QED) is 0.897. The highest BCUT2D eigenvalue weighted by molar-refractivity contribution is 6.30. The molecule has 0 aliphatic heterocycles. The van der Waals surface area contributed by atoms with Crippen molar-refractivity contribution in [2.75, 3.05) is 5.32 Å². The number of rotatable bonds is 2. The maximum atomic E-state index is 12.9. The van der Waals surface area contributed by atoms with Gasteiger partial charge < -0.3 is 5.32 Å². The number of nitrogens with one attached hydrogen (secondary N) is 1. The first kappa shape index (κ1) is 15.3. The number of carbonyl (C=O) groups excluding carboxylic acids is 1. The van der Waals surface area contributed by atoms with Crippen molar-refractivity contribution in [1.82, 2.24) is 4.98 Å². The second-order valence-electron chi connectivity index (χ2n) is 4.28. The molecule has 0 radical (unpaired) electrons. The summed E-state index contributed by atoms with van der Waals surface area (Å²) in [5, 5.41) is 2.19. The standard InChI is InChI=1S/C14H10ClF3N2O/c1-8-10(3-2-6-19-8)13(21)20-12-5-4-9(15)7-11(12)14(16,17)18/h2-7H,1H3,(H,20,21). The molecule has 0 unspecified atom stereocenters. The number of halogens is 4. The molecule has 110 valence electrons. The third-order valence-electron chi connectivity index (χ3n) is 2.79. The van der Waals surface area contributed by atoms with Gasteiger partial charge >= 0.3 is 6.18 Å². The van der Waals surface area contributed by atoms with E-state index in [1.165, 1.54) is 24.4 Å². The zero-order valence-electron chi connectivity index (χ0n) is 10.8. The van der Waals surface area contributed by atoms with E-state index in [-0.39, 0.29) is 16.3 Å². The molecule has 1 N–H and O–H groups in total. The van der Waals surface area contributed by atoms with Crippen LogP contribution < -0.4 is 5.32 Å². The number of aromatic nitrogens is 1. The molecule has 3 nitrogen and oxygen atoms in total. The van der Waals surface area contributed by atoms with Gasteiger partial charge in [0.2, 0.25) is 0 Å². The van der Waals surface area contributed by atoms with Crippen molar-refractivity contribution in [2.45, 2.75) is 13.1 Å². The first-order chi connectivity index (χ1) is 9.79. The molecule has 1 heterocycles. The summed E-state index contributed by atoms with van der Waals surface area (Å²) in [5.41, 5.74) is -0.705. The third-order valence-corrected chi connectivity index (χ3v) is 3.02. The molecule has 2 rings (SSSR count). The molecule has 0 aliphatic rings. The molecule has 0 saturated carbocycles. The number of aryl methyl sites for hydroxylation is 1. The Labute approximate surface area is 123 Å². The predicted octanol–water partition coefficient (Wildman–Crippen LogP) is 4.31. The Hall–Kier alpha value is -2.08. The summed E-state index contributed by atoms with van der Waals surface area (Å²) in [5.74, 6) is -0.659. The maximum absolute atomic E-state index is 12.9. The van der Waals surface area contributed by atoms with Crippen LogP contribution in [0.25, 0.3) is 0 Å². The van der Waals surface area contributed by atoms with Crippen LogP contribution in [0.3, 0.4) is 0 Å². The Morgan fingerprint density at radius 2 is 2.00 bits per heavy atom.